The van der Waals surface area contributed by atoms with Crippen molar-refractivity contribution in [1.29, 1.82) is 0 Å². The molecule has 1 unspecified atom stereocenters. The Balaban J connectivity index is 2.51. The Morgan fingerprint density at radius 3 is 2.71 bits per heavy atom. The molecule has 0 saturated carbocycles. The fourth-order valence-corrected chi connectivity index (χ4v) is 2.05. The molecular weight excluding hydrogens is 237 g/mol. The summed E-state index contributed by atoms with van der Waals surface area (Å²) < 4.78 is 13.0. The Bertz CT molecular complexity index is 341. The third-order valence-electron chi connectivity index (χ3n) is 2.95. The van der Waals surface area contributed by atoms with Gasteiger partial charge in [-0.25, -0.2) is 4.39 Å². The summed E-state index contributed by atoms with van der Waals surface area (Å²) in [6, 6.07) is 5.01. The maximum Gasteiger partial charge on any atom is 0.141 e. The molecule has 17 heavy (non-hydrogen) atoms. The zero-order valence-electron chi connectivity index (χ0n) is 10.6. The van der Waals surface area contributed by atoms with E-state index in [1.54, 1.807) is 6.07 Å². The maximum atomic E-state index is 13.0. The second-order valence-corrected chi connectivity index (χ2v) is 4.84. The summed E-state index contributed by atoms with van der Waals surface area (Å²) >= 11 is 5.78. The van der Waals surface area contributed by atoms with Crippen molar-refractivity contribution in [2.24, 2.45) is 5.92 Å². The first-order chi connectivity index (χ1) is 8.17. The van der Waals surface area contributed by atoms with Gasteiger partial charge in [-0.3, -0.25) is 0 Å². The summed E-state index contributed by atoms with van der Waals surface area (Å²) in [5.41, 5.74) is 1.11. The van der Waals surface area contributed by atoms with Crippen molar-refractivity contribution < 1.29 is 4.39 Å². The minimum atomic E-state index is -0.340. The van der Waals surface area contributed by atoms with E-state index in [2.05, 4.69) is 19.2 Å². The van der Waals surface area contributed by atoms with E-state index < -0.39 is 0 Å². The fraction of sp³-hybridized carbons (Fsp3) is 0.571. The average Bonchev–Trinajstić information content (AvgIpc) is 2.32. The van der Waals surface area contributed by atoms with Crippen LogP contribution in [0.1, 0.15) is 32.3 Å². The van der Waals surface area contributed by atoms with Gasteiger partial charge >= 0.3 is 0 Å². The predicted molar refractivity (Wildman–Crippen MR) is 72.1 cm³/mol. The highest BCUT2D eigenvalue weighted by molar-refractivity contribution is 6.30. The lowest BCUT2D eigenvalue weighted by molar-refractivity contribution is 0.460. The fourth-order valence-electron chi connectivity index (χ4n) is 1.84. The molecule has 96 valence electrons. The molecule has 1 nitrogen and oxygen atoms in total. The standard InChI is InChI=1S/C14H21ClFN/c1-3-7-17-10-11(4-2)8-12-5-6-14(16)13(15)9-12/h5-6,9,11,17H,3-4,7-8,10H2,1-2H3. The van der Waals surface area contributed by atoms with Crippen molar-refractivity contribution in [2.45, 2.75) is 33.1 Å². The highest BCUT2D eigenvalue weighted by Gasteiger charge is 2.08. The molecular formula is C14H21ClFN. The second kappa shape index (κ2) is 7.67. The van der Waals surface area contributed by atoms with Crippen molar-refractivity contribution in [1.82, 2.24) is 5.32 Å². The minimum absolute atomic E-state index is 0.221. The van der Waals surface area contributed by atoms with E-state index in [-0.39, 0.29) is 10.8 Å². The molecule has 3 heteroatoms. The highest BCUT2D eigenvalue weighted by atomic mass is 35.5. The zero-order chi connectivity index (χ0) is 12.7. The first-order valence-electron chi connectivity index (χ1n) is 6.32. The Kier molecular flexibility index (Phi) is 6.53. The van der Waals surface area contributed by atoms with Crippen LogP contribution < -0.4 is 5.32 Å². The first-order valence-corrected chi connectivity index (χ1v) is 6.69. The third-order valence-corrected chi connectivity index (χ3v) is 3.24. The summed E-state index contributed by atoms with van der Waals surface area (Å²) in [4.78, 5) is 0. The van der Waals surface area contributed by atoms with E-state index in [1.165, 1.54) is 6.07 Å². The van der Waals surface area contributed by atoms with Gasteiger partial charge in [0.1, 0.15) is 5.82 Å². The van der Waals surface area contributed by atoms with Crippen molar-refractivity contribution in [2.75, 3.05) is 13.1 Å². The summed E-state index contributed by atoms with van der Waals surface area (Å²) in [5, 5.41) is 3.65. The Hall–Kier alpha value is -0.600. The van der Waals surface area contributed by atoms with E-state index in [0.717, 1.165) is 37.9 Å². The number of benzene rings is 1. The SMILES string of the molecule is CCCNCC(CC)Cc1ccc(F)c(Cl)c1. The quantitative estimate of drug-likeness (QED) is 0.727. The second-order valence-electron chi connectivity index (χ2n) is 4.43. The minimum Gasteiger partial charge on any atom is -0.316 e. The van der Waals surface area contributed by atoms with Crippen molar-refractivity contribution in [3.05, 3.63) is 34.6 Å². The molecule has 0 heterocycles. The Morgan fingerprint density at radius 1 is 1.35 bits per heavy atom. The molecule has 0 aromatic heterocycles. The summed E-state index contributed by atoms with van der Waals surface area (Å²) in [5.74, 6) is 0.246. The van der Waals surface area contributed by atoms with Crippen LogP contribution in [-0.4, -0.2) is 13.1 Å². The topological polar surface area (TPSA) is 12.0 Å². The Labute approximate surface area is 108 Å². The van der Waals surface area contributed by atoms with E-state index in [0.29, 0.717) is 5.92 Å². The molecule has 0 fully saturated rings. The van der Waals surface area contributed by atoms with Crippen molar-refractivity contribution in [3.8, 4) is 0 Å². The predicted octanol–water partition coefficient (Wildman–Crippen LogP) is 4.05. The molecule has 1 aromatic rings. The number of hydrogen-bond donors (Lipinski definition) is 1. The molecule has 0 spiro atoms. The largest absolute Gasteiger partial charge is 0.316 e. The van der Waals surface area contributed by atoms with Gasteiger partial charge in [0.05, 0.1) is 5.02 Å². The highest BCUT2D eigenvalue weighted by Crippen LogP contribution is 2.19. The molecule has 0 aliphatic heterocycles. The van der Waals surface area contributed by atoms with Gasteiger partial charge in [0.15, 0.2) is 0 Å². The number of halogens is 2. The van der Waals surface area contributed by atoms with Gasteiger partial charge in [-0.15, -0.1) is 0 Å². The first kappa shape index (κ1) is 14.5. The van der Waals surface area contributed by atoms with Crippen LogP contribution in [0.15, 0.2) is 18.2 Å². The number of rotatable bonds is 7. The van der Waals surface area contributed by atoms with Gasteiger partial charge in [-0.1, -0.05) is 37.9 Å². The number of hydrogen-bond acceptors (Lipinski definition) is 1. The van der Waals surface area contributed by atoms with E-state index in [4.69, 9.17) is 11.6 Å². The molecule has 0 radical (unpaired) electrons. The van der Waals surface area contributed by atoms with Crippen LogP contribution >= 0.6 is 11.6 Å². The van der Waals surface area contributed by atoms with Gasteiger partial charge < -0.3 is 5.32 Å². The average molecular weight is 258 g/mol. The van der Waals surface area contributed by atoms with E-state index in [9.17, 15) is 4.39 Å². The van der Waals surface area contributed by atoms with Crippen LogP contribution in [0.5, 0.6) is 0 Å². The third kappa shape index (κ3) is 5.05. The van der Waals surface area contributed by atoms with Gasteiger partial charge in [-0.05, 0) is 49.5 Å². The molecule has 1 rings (SSSR count). The Morgan fingerprint density at radius 2 is 2.12 bits per heavy atom. The molecule has 0 aliphatic carbocycles. The van der Waals surface area contributed by atoms with Crippen molar-refractivity contribution >= 4 is 11.6 Å². The molecule has 0 saturated heterocycles. The van der Waals surface area contributed by atoms with Crippen LogP contribution in [0.4, 0.5) is 4.39 Å². The molecule has 1 N–H and O–H groups in total. The van der Waals surface area contributed by atoms with Crippen LogP contribution in [-0.2, 0) is 6.42 Å². The lowest BCUT2D eigenvalue weighted by atomic mass is 9.97. The molecule has 0 aliphatic rings. The lowest BCUT2D eigenvalue weighted by Crippen LogP contribution is -2.24. The summed E-state index contributed by atoms with van der Waals surface area (Å²) in [6.45, 7) is 6.41. The molecule has 1 atom stereocenters. The van der Waals surface area contributed by atoms with Gasteiger partial charge in [0, 0.05) is 0 Å². The van der Waals surface area contributed by atoms with E-state index in [1.807, 2.05) is 6.07 Å². The van der Waals surface area contributed by atoms with Gasteiger partial charge in [0.25, 0.3) is 0 Å². The van der Waals surface area contributed by atoms with Gasteiger partial charge in [-0.2, -0.15) is 0 Å². The van der Waals surface area contributed by atoms with E-state index >= 15 is 0 Å². The smallest absolute Gasteiger partial charge is 0.141 e. The summed E-state index contributed by atoms with van der Waals surface area (Å²) in [6.07, 6.45) is 3.22. The van der Waals surface area contributed by atoms with Crippen LogP contribution in [0.25, 0.3) is 0 Å². The zero-order valence-corrected chi connectivity index (χ0v) is 11.4. The normalized spacial score (nSPS) is 12.7. The number of nitrogens with one attached hydrogen (secondary N) is 1. The molecule has 0 bridgehead atoms. The van der Waals surface area contributed by atoms with Crippen LogP contribution in [0.3, 0.4) is 0 Å². The summed E-state index contributed by atoms with van der Waals surface area (Å²) in [7, 11) is 0. The van der Waals surface area contributed by atoms with Gasteiger partial charge in [0.2, 0.25) is 0 Å². The van der Waals surface area contributed by atoms with Crippen LogP contribution in [0.2, 0.25) is 5.02 Å². The molecule has 1 aromatic carbocycles. The molecule has 0 amide bonds. The lowest BCUT2D eigenvalue weighted by Gasteiger charge is -2.15. The van der Waals surface area contributed by atoms with Crippen LogP contribution in [0, 0.1) is 11.7 Å². The maximum absolute atomic E-state index is 13.0. The monoisotopic (exact) mass is 257 g/mol. The van der Waals surface area contributed by atoms with Crippen molar-refractivity contribution in [3.63, 3.8) is 0 Å².